The molecule has 0 amide bonds. The average Bonchev–Trinajstić information content (AvgIpc) is 2.33. The molecule has 0 radical (unpaired) electrons. The van der Waals surface area contributed by atoms with Gasteiger partial charge in [-0.3, -0.25) is 0 Å². The molecule has 20 heavy (non-hydrogen) atoms. The summed E-state index contributed by atoms with van der Waals surface area (Å²) in [5, 5.41) is 3.08. The van der Waals surface area contributed by atoms with Crippen LogP contribution in [0.4, 0.5) is 24.5 Å². The average molecular weight is 286 g/mol. The van der Waals surface area contributed by atoms with Gasteiger partial charge in [0.25, 0.3) is 0 Å². The van der Waals surface area contributed by atoms with Gasteiger partial charge in [-0.2, -0.15) is 13.2 Å². The summed E-state index contributed by atoms with van der Waals surface area (Å²) in [5.74, 6) is 0. The van der Waals surface area contributed by atoms with Crippen molar-refractivity contribution in [2.75, 3.05) is 11.1 Å². The standard InChI is InChI=1S/C15H21F3N2/c16-15(17,18)13-10-11(19)8-9-14(13)20-12-6-4-2-1-3-5-7-12/h8-10,12,20H,1-7,19H2. The van der Waals surface area contributed by atoms with E-state index < -0.39 is 11.7 Å². The van der Waals surface area contributed by atoms with Crippen molar-refractivity contribution in [2.24, 2.45) is 0 Å². The van der Waals surface area contributed by atoms with Crippen LogP contribution in [0.2, 0.25) is 0 Å². The minimum Gasteiger partial charge on any atom is -0.399 e. The van der Waals surface area contributed by atoms with Crippen LogP contribution in [-0.4, -0.2) is 6.04 Å². The monoisotopic (exact) mass is 286 g/mol. The van der Waals surface area contributed by atoms with E-state index in [0.29, 0.717) is 0 Å². The van der Waals surface area contributed by atoms with E-state index in [1.807, 2.05) is 0 Å². The van der Waals surface area contributed by atoms with Gasteiger partial charge < -0.3 is 11.1 Å². The number of benzene rings is 1. The Morgan fingerprint density at radius 3 is 2.20 bits per heavy atom. The Morgan fingerprint density at radius 2 is 1.60 bits per heavy atom. The van der Waals surface area contributed by atoms with Gasteiger partial charge in [0.1, 0.15) is 0 Å². The molecule has 0 aromatic heterocycles. The highest BCUT2D eigenvalue weighted by molar-refractivity contribution is 5.59. The van der Waals surface area contributed by atoms with Crippen molar-refractivity contribution in [3.8, 4) is 0 Å². The maximum absolute atomic E-state index is 13.0. The Hall–Kier alpha value is -1.39. The second kappa shape index (κ2) is 6.37. The van der Waals surface area contributed by atoms with Gasteiger partial charge in [0.15, 0.2) is 0 Å². The topological polar surface area (TPSA) is 38.0 Å². The molecule has 0 atom stereocenters. The predicted octanol–water partition coefficient (Wildman–Crippen LogP) is 4.81. The molecule has 0 spiro atoms. The highest BCUT2D eigenvalue weighted by Gasteiger charge is 2.34. The molecule has 3 N–H and O–H groups in total. The molecule has 0 unspecified atom stereocenters. The lowest BCUT2D eigenvalue weighted by Gasteiger charge is -2.24. The van der Waals surface area contributed by atoms with E-state index in [1.165, 1.54) is 31.4 Å². The van der Waals surface area contributed by atoms with Crippen molar-refractivity contribution < 1.29 is 13.2 Å². The molecule has 1 aliphatic carbocycles. The van der Waals surface area contributed by atoms with Crippen LogP contribution in [-0.2, 0) is 6.18 Å². The third kappa shape index (κ3) is 4.05. The summed E-state index contributed by atoms with van der Waals surface area (Å²) in [6, 6.07) is 4.09. The highest BCUT2D eigenvalue weighted by Crippen LogP contribution is 2.37. The SMILES string of the molecule is Nc1ccc(NC2CCCCCCC2)c(C(F)(F)F)c1. The summed E-state index contributed by atoms with van der Waals surface area (Å²) in [6.45, 7) is 0. The maximum atomic E-state index is 13.0. The second-order valence-electron chi connectivity index (χ2n) is 5.49. The van der Waals surface area contributed by atoms with Crippen LogP contribution in [0.1, 0.15) is 50.5 Å². The lowest BCUT2D eigenvalue weighted by atomic mass is 9.96. The number of nitrogens with one attached hydrogen (secondary N) is 1. The molecule has 1 aromatic rings. The second-order valence-corrected chi connectivity index (χ2v) is 5.49. The van der Waals surface area contributed by atoms with Crippen LogP contribution in [0.3, 0.4) is 0 Å². The number of nitrogen functional groups attached to an aromatic ring is 1. The largest absolute Gasteiger partial charge is 0.418 e. The van der Waals surface area contributed by atoms with Crippen molar-refractivity contribution in [2.45, 2.75) is 57.2 Å². The molecule has 0 bridgehead atoms. The zero-order valence-electron chi connectivity index (χ0n) is 11.5. The maximum Gasteiger partial charge on any atom is 0.418 e. The predicted molar refractivity (Wildman–Crippen MR) is 75.6 cm³/mol. The zero-order chi connectivity index (χ0) is 14.6. The molecule has 0 aliphatic heterocycles. The first-order valence-electron chi connectivity index (χ1n) is 7.20. The lowest BCUT2D eigenvalue weighted by Crippen LogP contribution is -2.23. The Labute approximate surface area is 117 Å². The summed E-state index contributed by atoms with van der Waals surface area (Å²) in [4.78, 5) is 0. The van der Waals surface area contributed by atoms with Gasteiger partial charge in [0, 0.05) is 17.4 Å². The fourth-order valence-electron chi connectivity index (χ4n) is 2.74. The number of hydrogen-bond donors (Lipinski definition) is 2. The number of hydrogen-bond acceptors (Lipinski definition) is 2. The first-order chi connectivity index (χ1) is 9.47. The molecule has 1 fully saturated rings. The molecule has 1 saturated carbocycles. The van der Waals surface area contributed by atoms with E-state index >= 15 is 0 Å². The van der Waals surface area contributed by atoms with Crippen LogP contribution in [0.15, 0.2) is 18.2 Å². The molecular formula is C15H21F3N2. The molecule has 0 saturated heterocycles. The van der Waals surface area contributed by atoms with Gasteiger partial charge in [0.05, 0.1) is 5.56 Å². The fourth-order valence-corrected chi connectivity index (χ4v) is 2.74. The van der Waals surface area contributed by atoms with E-state index in [0.717, 1.165) is 31.7 Å². The van der Waals surface area contributed by atoms with Gasteiger partial charge in [0.2, 0.25) is 0 Å². The van der Waals surface area contributed by atoms with Gasteiger partial charge >= 0.3 is 6.18 Å². The van der Waals surface area contributed by atoms with Gasteiger partial charge in [-0.1, -0.05) is 32.1 Å². The Morgan fingerprint density at radius 1 is 1.00 bits per heavy atom. The Balaban J connectivity index is 2.15. The number of nitrogens with two attached hydrogens (primary N) is 1. The minimum atomic E-state index is -4.38. The van der Waals surface area contributed by atoms with Crippen LogP contribution < -0.4 is 11.1 Å². The molecule has 5 heteroatoms. The molecular weight excluding hydrogens is 265 g/mol. The molecule has 2 nitrogen and oxygen atoms in total. The van der Waals surface area contributed by atoms with Crippen molar-refractivity contribution in [1.29, 1.82) is 0 Å². The van der Waals surface area contributed by atoms with E-state index in [-0.39, 0.29) is 17.4 Å². The third-order valence-electron chi connectivity index (χ3n) is 3.81. The van der Waals surface area contributed by atoms with Crippen molar-refractivity contribution in [3.63, 3.8) is 0 Å². The van der Waals surface area contributed by atoms with Crippen LogP contribution in [0.25, 0.3) is 0 Å². The Kier molecular flexibility index (Phi) is 4.78. The molecule has 112 valence electrons. The first-order valence-corrected chi connectivity index (χ1v) is 7.20. The Bertz CT molecular complexity index is 435. The van der Waals surface area contributed by atoms with Crippen molar-refractivity contribution in [1.82, 2.24) is 0 Å². The molecule has 1 aliphatic rings. The minimum absolute atomic E-state index is 0.125. The third-order valence-corrected chi connectivity index (χ3v) is 3.81. The smallest absolute Gasteiger partial charge is 0.399 e. The van der Waals surface area contributed by atoms with Crippen molar-refractivity contribution in [3.05, 3.63) is 23.8 Å². The summed E-state index contributed by atoms with van der Waals surface area (Å²) in [7, 11) is 0. The number of halogens is 3. The summed E-state index contributed by atoms with van der Waals surface area (Å²) < 4.78 is 39.1. The van der Waals surface area contributed by atoms with E-state index in [9.17, 15) is 13.2 Å². The number of rotatable bonds is 2. The summed E-state index contributed by atoms with van der Waals surface area (Å²) in [5.41, 5.74) is 5.10. The lowest BCUT2D eigenvalue weighted by molar-refractivity contribution is -0.136. The molecule has 0 heterocycles. The quantitative estimate of drug-likeness (QED) is 0.765. The van der Waals surface area contributed by atoms with E-state index in [1.54, 1.807) is 0 Å². The summed E-state index contributed by atoms with van der Waals surface area (Å²) in [6.07, 6.45) is 3.23. The highest BCUT2D eigenvalue weighted by atomic mass is 19.4. The molecule has 2 rings (SSSR count). The van der Waals surface area contributed by atoms with E-state index in [2.05, 4.69) is 5.32 Å². The van der Waals surface area contributed by atoms with Gasteiger partial charge in [-0.25, -0.2) is 0 Å². The molecule has 1 aromatic carbocycles. The number of alkyl halides is 3. The zero-order valence-corrected chi connectivity index (χ0v) is 11.5. The van der Waals surface area contributed by atoms with Gasteiger partial charge in [-0.05, 0) is 31.0 Å². The fraction of sp³-hybridized carbons (Fsp3) is 0.600. The van der Waals surface area contributed by atoms with Gasteiger partial charge in [-0.15, -0.1) is 0 Å². The van der Waals surface area contributed by atoms with Crippen molar-refractivity contribution >= 4 is 11.4 Å². The van der Waals surface area contributed by atoms with Crippen LogP contribution >= 0.6 is 0 Å². The summed E-state index contributed by atoms with van der Waals surface area (Å²) >= 11 is 0. The van der Waals surface area contributed by atoms with E-state index in [4.69, 9.17) is 5.73 Å². The van der Waals surface area contributed by atoms with Crippen LogP contribution in [0, 0.1) is 0 Å². The first kappa shape index (κ1) is 15.0. The normalized spacial score (nSPS) is 18.4. The van der Waals surface area contributed by atoms with Crippen LogP contribution in [0.5, 0.6) is 0 Å². The number of anilines is 2.